The number of carbonyl (C=O) groups excluding carboxylic acids is 3. The molecular formula is C19H28N2O6S. The topological polar surface area (TPSA) is 119 Å². The van der Waals surface area contributed by atoms with Crippen LogP contribution in [0.25, 0.3) is 0 Å². The molecule has 0 spiro atoms. The molecule has 2 N–H and O–H groups in total. The number of amides is 2. The van der Waals surface area contributed by atoms with Crippen LogP contribution < -0.4 is 10.6 Å². The lowest BCUT2D eigenvalue weighted by molar-refractivity contribution is -0.150. The highest BCUT2D eigenvalue weighted by atomic mass is 32.2. The molecular weight excluding hydrogens is 384 g/mol. The number of ether oxygens (including phenoxy) is 1. The minimum Gasteiger partial charge on any atom is -0.454 e. The van der Waals surface area contributed by atoms with Crippen molar-refractivity contribution in [3.05, 3.63) is 35.4 Å². The summed E-state index contributed by atoms with van der Waals surface area (Å²) in [7, 11) is -3.35. The summed E-state index contributed by atoms with van der Waals surface area (Å²) in [6.07, 6.45) is 0.889. The van der Waals surface area contributed by atoms with Crippen LogP contribution in [0.2, 0.25) is 0 Å². The van der Waals surface area contributed by atoms with Gasteiger partial charge < -0.3 is 15.4 Å². The van der Waals surface area contributed by atoms with E-state index in [0.29, 0.717) is 12.1 Å². The number of sulfone groups is 1. The average molecular weight is 413 g/mol. The number of nitrogens with one attached hydrogen (secondary N) is 2. The molecule has 0 aliphatic carbocycles. The highest BCUT2D eigenvalue weighted by molar-refractivity contribution is 7.90. The molecule has 2 amide bonds. The molecule has 0 unspecified atom stereocenters. The maximum atomic E-state index is 12.4. The van der Waals surface area contributed by atoms with Gasteiger partial charge in [-0.15, -0.1) is 0 Å². The number of aryl methyl sites for hydroxylation is 1. The number of hydrogen-bond acceptors (Lipinski definition) is 6. The first-order chi connectivity index (χ1) is 13.0. The molecule has 8 nitrogen and oxygen atoms in total. The Kier molecular flexibility index (Phi) is 9.11. The van der Waals surface area contributed by atoms with E-state index in [2.05, 4.69) is 10.6 Å². The number of benzene rings is 1. The Morgan fingerprint density at radius 1 is 1.18 bits per heavy atom. The third kappa shape index (κ3) is 9.50. The van der Waals surface area contributed by atoms with Crippen LogP contribution >= 0.6 is 0 Å². The zero-order valence-electron chi connectivity index (χ0n) is 16.7. The summed E-state index contributed by atoms with van der Waals surface area (Å²) in [5.41, 5.74) is 1.21. The molecule has 0 aliphatic rings. The second-order valence-electron chi connectivity index (χ2n) is 7.12. The highest BCUT2D eigenvalue weighted by Crippen LogP contribution is 2.06. The fourth-order valence-electron chi connectivity index (χ4n) is 2.22. The Labute approximate surface area is 165 Å². The van der Waals surface area contributed by atoms with Crippen molar-refractivity contribution < 1.29 is 27.5 Å². The molecule has 1 rings (SSSR count). The number of rotatable bonds is 10. The Balaban J connectivity index is 2.76. The van der Waals surface area contributed by atoms with Crippen molar-refractivity contribution in [3.8, 4) is 0 Å². The molecule has 0 saturated carbocycles. The fraction of sp³-hybridized carbons (Fsp3) is 0.526. The summed E-state index contributed by atoms with van der Waals surface area (Å²) < 4.78 is 27.9. The predicted molar refractivity (Wildman–Crippen MR) is 106 cm³/mol. The van der Waals surface area contributed by atoms with Gasteiger partial charge >= 0.3 is 5.97 Å². The van der Waals surface area contributed by atoms with Crippen LogP contribution in [0.3, 0.4) is 0 Å². The summed E-state index contributed by atoms with van der Waals surface area (Å²) in [4.78, 5) is 36.4. The van der Waals surface area contributed by atoms with E-state index in [1.54, 1.807) is 18.2 Å². The minimum atomic E-state index is -3.35. The number of hydrogen-bond donors (Lipinski definition) is 2. The molecule has 1 aromatic rings. The third-order valence-corrected chi connectivity index (χ3v) is 4.68. The molecule has 0 saturated heterocycles. The predicted octanol–water partition coefficient (Wildman–Crippen LogP) is 0.844. The van der Waals surface area contributed by atoms with Crippen molar-refractivity contribution in [1.29, 1.82) is 0 Å². The van der Waals surface area contributed by atoms with Gasteiger partial charge in [-0.2, -0.15) is 0 Å². The van der Waals surface area contributed by atoms with E-state index < -0.39 is 40.3 Å². The molecule has 28 heavy (non-hydrogen) atoms. The first kappa shape index (κ1) is 23.6. The molecule has 0 fully saturated rings. The normalized spacial score (nSPS) is 12.3. The van der Waals surface area contributed by atoms with E-state index in [4.69, 9.17) is 4.74 Å². The van der Waals surface area contributed by atoms with Crippen LogP contribution in [0, 0.1) is 12.8 Å². The molecule has 1 aromatic carbocycles. The zero-order chi connectivity index (χ0) is 21.3. The van der Waals surface area contributed by atoms with Gasteiger partial charge in [-0.05, 0) is 31.4 Å². The van der Waals surface area contributed by atoms with Crippen molar-refractivity contribution in [2.45, 2.75) is 33.2 Å². The van der Waals surface area contributed by atoms with E-state index in [1.807, 2.05) is 26.8 Å². The Morgan fingerprint density at radius 2 is 1.86 bits per heavy atom. The van der Waals surface area contributed by atoms with Gasteiger partial charge in [-0.25, -0.2) is 13.2 Å². The standard InChI is InChI=1S/C19H28N2O6S/c1-13(2)11-20-17(22)12-27-19(24)16(8-9-28(4,25)26)21-18(23)15-7-5-6-14(3)10-15/h5-7,10,13,16H,8-9,11-12H2,1-4H3,(H,20,22)(H,21,23)/t16-/m0/s1. The lowest BCUT2D eigenvalue weighted by Crippen LogP contribution is -2.44. The number of carbonyl (C=O) groups is 3. The molecule has 0 heterocycles. The lowest BCUT2D eigenvalue weighted by Gasteiger charge is -2.17. The molecule has 1 atom stereocenters. The Morgan fingerprint density at radius 3 is 2.43 bits per heavy atom. The van der Waals surface area contributed by atoms with Crippen molar-refractivity contribution >= 4 is 27.6 Å². The monoisotopic (exact) mass is 412 g/mol. The van der Waals surface area contributed by atoms with Gasteiger partial charge in [0.2, 0.25) is 0 Å². The minimum absolute atomic E-state index is 0.150. The van der Waals surface area contributed by atoms with Crippen LogP contribution in [0.4, 0.5) is 0 Å². The second-order valence-corrected chi connectivity index (χ2v) is 9.38. The van der Waals surface area contributed by atoms with Crippen LogP contribution in [0.1, 0.15) is 36.2 Å². The van der Waals surface area contributed by atoms with Crippen LogP contribution in [0.15, 0.2) is 24.3 Å². The molecule has 0 bridgehead atoms. The maximum Gasteiger partial charge on any atom is 0.329 e. The molecule has 0 radical (unpaired) electrons. The van der Waals surface area contributed by atoms with Gasteiger partial charge in [-0.1, -0.05) is 31.5 Å². The van der Waals surface area contributed by atoms with Gasteiger partial charge in [0.25, 0.3) is 11.8 Å². The van der Waals surface area contributed by atoms with Crippen molar-refractivity contribution in [2.75, 3.05) is 25.2 Å². The van der Waals surface area contributed by atoms with E-state index in [0.717, 1.165) is 11.8 Å². The number of esters is 1. The quantitative estimate of drug-likeness (QED) is 0.550. The van der Waals surface area contributed by atoms with Crippen LogP contribution in [0.5, 0.6) is 0 Å². The Bertz CT molecular complexity index is 804. The molecule has 9 heteroatoms. The summed E-state index contributed by atoms with van der Waals surface area (Å²) in [6.45, 7) is 5.61. The first-order valence-electron chi connectivity index (χ1n) is 8.96. The first-order valence-corrected chi connectivity index (χ1v) is 11.0. The van der Waals surface area contributed by atoms with Crippen LogP contribution in [-0.4, -0.2) is 57.4 Å². The summed E-state index contributed by atoms with van der Waals surface area (Å²) in [6, 6.07) is 5.57. The van der Waals surface area contributed by atoms with E-state index in [-0.39, 0.29) is 18.1 Å². The van der Waals surface area contributed by atoms with Gasteiger partial charge in [0.15, 0.2) is 6.61 Å². The molecule has 156 valence electrons. The van der Waals surface area contributed by atoms with Crippen LogP contribution in [-0.2, 0) is 24.2 Å². The highest BCUT2D eigenvalue weighted by Gasteiger charge is 2.25. The van der Waals surface area contributed by atoms with Crippen molar-refractivity contribution in [3.63, 3.8) is 0 Å². The van der Waals surface area contributed by atoms with E-state index >= 15 is 0 Å². The zero-order valence-corrected chi connectivity index (χ0v) is 17.5. The van der Waals surface area contributed by atoms with Gasteiger partial charge in [0, 0.05) is 18.4 Å². The van der Waals surface area contributed by atoms with Gasteiger partial charge in [-0.3, -0.25) is 9.59 Å². The lowest BCUT2D eigenvalue weighted by atomic mass is 10.1. The van der Waals surface area contributed by atoms with Crippen molar-refractivity contribution in [1.82, 2.24) is 10.6 Å². The van der Waals surface area contributed by atoms with Gasteiger partial charge in [0.05, 0.1) is 5.75 Å². The molecule has 0 aromatic heterocycles. The van der Waals surface area contributed by atoms with E-state index in [1.165, 1.54) is 0 Å². The Hall–Kier alpha value is -2.42. The summed E-state index contributed by atoms with van der Waals surface area (Å²) >= 11 is 0. The third-order valence-electron chi connectivity index (χ3n) is 3.70. The second kappa shape index (κ2) is 10.8. The van der Waals surface area contributed by atoms with Crippen molar-refractivity contribution in [2.24, 2.45) is 5.92 Å². The average Bonchev–Trinajstić information content (AvgIpc) is 2.60. The summed E-state index contributed by atoms with van der Waals surface area (Å²) in [5, 5.41) is 5.10. The molecule has 0 aliphatic heterocycles. The largest absolute Gasteiger partial charge is 0.454 e. The van der Waals surface area contributed by atoms with E-state index in [9.17, 15) is 22.8 Å². The SMILES string of the molecule is Cc1cccc(C(=O)N[C@@H](CCS(C)(=O)=O)C(=O)OCC(=O)NCC(C)C)c1. The van der Waals surface area contributed by atoms with Gasteiger partial charge in [0.1, 0.15) is 15.9 Å². The smallest absolute Gasteiger partial charge is 0.329 e. The maximum absolute atomic E-state index is 12.4. The fourth-order valence-corrected chi connectivity index (χ4v) is 2.88. The summed E-state index contributed by atoms with van der Waals surface area (Å²) in [5.74, 6) is -1.90.